The van der Waals surface area contributed by atoms with Crippen LogP contribution >= 0.6 is 11.6 Å². The van der Waals surface area contributed by atoms with E-state index >= 15 is 0 Å². The van der Waals surface area contributed by atoms with E-state index in [1.54, 1.807) is 35.2 Å². The van der Waals surface area contributed by atoms with Gasteiger partial charge in [0.1, 0.15) is 5.82 Å². The van der Waals surface area contributed by atoms with Crippen molar-refractivity contribution in [1.82, 2.24) is 5.32 Å². The third kappa shape index (κ3) is 3.35. The topological polar surface area (TPSA) is 49.4 Å². The van der Waals surface area contributed by atoms with E-state index < -0.39 is 11.7 Å². The van der Waals surface area contributed by atoms with Crippen LogP contribution in [0.15, 0.2) is 48.5 Å². The summed E-state index contributed by atoms with van der Waals surface area (Å²) in [6.07, 6.45) is 0.183. The molecule has 1 N–H and O–H groups in total. The highest BCUT2D eigenvalue weighted by Gasteiger charge is 2.32. The number of anilines is 1. The molecule has 1 heterocycles. The maximum absolute atomic E-state index is 13.6. The number of nitrogens with zero attached hydrogens (tertiary/aromatic N) is 1. The molecule has 1 aliphatic rings. The van der Waals surface area contributed by atoms with Crippen molar-refractivity contribution in [3.05, 3.63) is 64.9 Å². The second-order valence-corrected chi connectivity index (χ2v) is 5.77. The van der Waals surface area contributed by atoms with E-state index in [-0.39, 0.29) is 23.9 Å². The van der Waals surface area contributed by atoms with Crippen LogP contribution in [0.4, 0.5) is 10.1 Å². The summed E-state index contributed by atoms with van der Waals surface area (Å²) >= 11 is 5.84. The largest absolute Gasteiger partial charge is 0.347 e. The van der Waals surface area contributed by atoms with Crippen molar-refractivity contribution in [2.45, 2.75) is 12.5 Å². The minimum atomic E-state index is -0.580. The van der Waals surface area contributed by atoms with Crippen molar-refractivity contribution in [3.8, 4) is 0 Å². The number of hydrogen-bond donors (Lipinski definition) is 1. The molecule has 3 rings (SSSR count). The average molecular weight is 333 g/mol. The fourth-order valence-electron chi connectivity index (χ4n) is 2.58. The highest BCUT2D eigenvalue weighted by molar-refractivity contribution is 6.30. The molecule has 1 fully saturated rings. The van der Waals surface area contributed by atoms with Crippen molar-refractivity contribution in [2.75, 3.05) is 11.4 Å². The third-order valence-electron chi connectivity index (χ3n) is 3.72. The fourth-order valence-corrected chi connectivity index (χ4v) is 2.71. The molecule has 0 radical (unpaired) electrons. The Bertz CT molecular complexity index is 749. The first kappa shape index (κ1) is 15.5. The van der Waals surface area contributed by atoms with Gasteiger partial charge in [0, 0.05) is 23.7 Å². The van der Waals surface area contributed by atoms with Gasteiger partial charge in [-0.05, 0) is 36.4 Å². The molecule has 1 aliphatic heterocycles. The maximum atomic E-state index is 13.6. The second-order valence-electron chi connectivity index (χ2n) is 5.34. The Morgan fingerprint density at radius 3 is 2.57 bits per heavy atom. The van der Waals surface area contributed by atoms with Gasteiger partial charge in [-0.15, -0.1) is 0 Å². The van der Waals surface area contributed by atoms with Crippen molar-refractivity contribution >= 4 is 29.1 Å². The maximum Gasteiger partial charge on any atom is 0.254 e. The van der Waals surface area contributed by atoms with E-state index in [9.17, 15) is 14.0 Å². The molecule has 1 saturated heterocycles. The van der Waals surface area contributed by atoms with Gasteiger partial charge in [-0.25, -0.2) is 4.39 Å². The number of nitrogens with one attached hydrogen (secondary N) is 1. The first-order valence-electron chi connectivity index (χ1n) is 7.16. The Labute approximate surface area is 137 Å². The molecule has 0 spiro atoms. The van der Waals surface area contributed by atoms with Crippen molar-refractivity contribution in [3.63, 3.8) is 0 Å². The molecule has 0 bridgehead atoms. The van der Waals surface area contributed by atoms with Gasteiger partial charge >= 0.3 is 0 Å². The molecule has 0 saturated carbocycles. The number of amides is 2. The molecule has 1 unspecified atom stereocenters. The van der Waals surface area contributed by atoms with Crippen molar-refractivity contribution in [2.24, 2.45) is 0 Å². The summed E-state index contributed by atoms with van der Waals surface area (Å²) in [4.78, 5) is 25.8. The number of rotatable bonds is 3. The minimum Gasteiger partial charge on any atom is -0.347 e. The Kier molecular flexibility index (Phi) is 4.30. The van der Waals surface area contributed by atoms with Crippen molar-refractivity contribution in [1.29, 1.82) is 0 Å². The smallest absolute Gasteiger partial charge is 0.254 e. The summed E-state index contributed by atoms with van der Waals surface area (Å²) in [7, 11) is 0. The molecular weight excluding hydrogens is 319 g/mol. The van der Waals surface area contributed by atoms with Gasteiger partial charge in [-0.3, -0.25) is 9.59 Å². The third-order valence-corrected chi connectivity index (χ3v) is 3.97. The Morgan fingerprint density at radius 2 is 1.87 bits per heavy atom. The van der Waals surface area contributed by atoms with Crippen LogP contribution in [-0.4, -0.2) is 24.4 Å². The Hall–Kier alpha value is -2.40. The quantitative estimate of drug-likeness (QED) is 0.939. The van der Waals surface area contributed by atoms with Gasteiger partial charge in [0.25, 0.3) is 5.91 Å². The van der Waals surface area contributed by atoms with Crippen LogP contribution in [0.1, 0.15) is 16.8 Å². The standard InChI is InChI=1S/C17H14ClFN2O2/c18-11-5-7-13(8-6-11)21-10-12(9-16(21)22)20-17(23)14-3-1-2-4-15(14)19/h1-8,12H,9-10H2,(H,20,23). The second kappa shape index (κ2) is 6.38. The van der Waals surface area contributed by atoms with Gasteiger partial charge in [0.2, 0.25) is 5.91 Å². The van der Waals surface area contributed by atoms with Crippen LogP contribution in [-0.2, 0) is 4.79 Å². The van der Waals surface area contributed by atoms with Crippen LogP contribution in [0.25, 0.3) is 0 Å². The molecular formula is C17H14ClFN2O2. The van der Waals surface area contributed by atoms with Gasteiger partial charge in [-0.2, -0.15) is 0 Å². The Balaban J connectivity index is 1.69. The minimum absolute atomic E-state index is 0.0232. The Morgan fingerprint density at radius 1 is 1.17 bits per heavy atom. The summed E-state index contributed by atoms with van der Waals surface area (Å²) < 4.78 is 13.6. The summed E-state index contributed by atoms with van der Waals surface area (Å²) in [6, 6.07) is 12.3. The lowest BCUT2D eigenvalue weighted by Crippen LogP contribution is -2.37. The number of hydrogen-bond acceptors (Lipinski definition) is 2. The molecule has 2 aromatic rings. The predicted molar refractivity (Wildman–Crippen MR) is 86.1 cm³/mol. The number of halogens is 2. The summed E-state index contributed by atoms with van der Waals surface area (Å²) in [5.41, 5.74) is 0.701. The molecule has 118 valence electrons. The highest BCUT2D eigenvalue weighted by Crippen LogP contribution is 2.23. The van der Waals surface area contributed by atoms with Crippen LogP contribution in [0.2, 0.25) is 5.02 Å². The monoisotopic (exact) mass is 332 g/mol. The summed E-state index contributed by atoms with van der Waals surface area (Å²) in [5, 5.41) is 3.30. The van der Waals surface area contributed by atoms with E-state index in [0.717, 1.165) is 5.69 Å². The average Bonchev–Trinajstić information content (AvgIpc) is 2.89. The van der Waals surface area contributed by atoms with E-state index in [2.05, 4.69) is 5.32 Å². The molecule has 23 heavy (non-hydrogen) atoms. The van der Waals surface area contributed by atoms with Crippen LogP contribution in [0, 0.1) is 5.82 Å². The van der Waals surface area contributed by atoms with E-state index in [1.165, 1.54) is 18.2 Å². The van der Waals surface area contributed by atoms with Crippen LogP contribution in [0.5, 0.6) is 0 Å². The van der Waals surface area contributed by atoms with E-state index in [4.69, 9.17) is 11.6 Å². The molecule has 0 aromatic heterocycles. The normalized spacial score (nSPS) is 17.4. The number of carbonyl (C=O) groups excluding carboxylic acids is 2. The predicted octanol–water partition coefficient (Wildman–Crippen LogP) is 3.01. The summed E-state index contributed by atoms with van der Waals surface area (Å²) in [6.45, 7) is 0.348. The number of benzene rings is 2. The lowest BCUT2D eigenvalue weighted by molar-refractivity contribution is -0.117. The molecule has 0 aliphatic carbocycles. The van der Waals surface area contributed by atoms with Crippen molar-refractivity contribution < 1.29 is 14.0 Å². The molecule has 1 atom stereocenters. The van der Waals surface area contributed by atoms with Crippen LogP contribution < -0.4 is 10.2 Å². The molecule has 6 heteroatoms. The zero-order valence-corrected chi connectivity index (χ0v) is 12.9. The lowest BCUT2D eigenvalue weighted by atomic mass is 10.1. The molecule has 4 nitrogen and oxygen atoms in total. The highest BCUT2D eigenvalue weighted by atomic mass is 35.5. The fraction of sp³-hybridized carbons (Fsp3) is 0.176. The van der Waals surface area contributed by atoms with E-state index in [1.807, 2.05) is 0 Å². The van der Waals surface area contributed by atoms with Gasteiger partial charge in [0.05, 0.1) is 11.6 Å². The molecule has 2 amide bonds. The van der Waals surface area contributed by atoms with Gasteiger partial charge < -0.3 is 10.2 Å². The van der Waals surface area contributed by atoms with E-state index in [0.29, 0.717) is 11.6 Å². The van der Waals surface area contributed by atoms with Gasteiger partial charge in [0.15, 0.2) is 0 Å². The number of carbonyl (C=O) groups is 2. The first-order valence-corrected chi connectivity index (χ1v) is 7.54. The zero-order valence-electron chi connectivity index (χ0n) is 12.1. The first-order chi connectivity index (χ1) is 11.0. The SMILES string of the molecule is O=C(NC1CC(=O)N(c2ccc(Cl)cc2)C1)c1ccccc1F. The summed E-state index contributed by atoms with van der Waals surface area (Å²) in [5.74, 6) is -1.19. The zero-order chi connectivity index (χ0) is 16.4. The molecule has 2 aromatic carbocycles. The van der Waals surface area contributed by atoms with Gasteiger partial charge in [-0.1, -0.05) is 23.7 Å². The lowest BCUT2D eigenvalue weighted by Gasteiger charge is -2.17. The van der Waals surface area contributed by atoms with Crippen LogP contribution in [0.3, 0.4) is 0 Å².